The van der Waals surface area contributed by atoms with Crippen LogP contribution in [0.25, 0.3) is 0 Å². The van der Waals surface area contributed by atoms with Gasteiger partial charge in [0, 0.05) is 12.6 Å². The van der Waals surface area contributed by atoms with Gasteiger partial charge < -0.3 is 20.8 Å². The molecule has 0 amide bonds. The van der Waals surface area contributed by atoms with Crippen molar-refractivity contribution in [2.75, 3.05) is 11.9 Å². The number of phenols is 2. The highest BCUT2D eigenvalue weighted by Crippen LogP contribution is 2.26. The number of hydrogen-bond donors (Lipinski definition) is 4. The third kappa shape index (κ3) is 4.91. The molecule has 0 saturated heterocycles. The molecule has 4 nitrogen and oxygen atoms in total. The van der Waals surface area contributed by atoms with Crippen LogP contribution in [-0.2, 0) is 0 Å². The largest absolute Gasteiger partial charge is 0.508 e. The summed E-state index contributed by atoms with van der Waals surface area (Å²) in [4.78, 5) is 0. The zero-order valence-corrected chi connectivity index (χ0v) is 10.7. The number of unbranched alkanes of at least 4 members (excludes halogenated alkanes) is 2. The van der Waals surface area contributed by atoms with Crippen molar-refractivity contribution >= 4 is 23.0 Å². The van der Waals surface area contributed by atoms with Crippen LogP contribution in [0.1, 0.15) is 26.2 Å². The van der Waals surface area contributed by atoms with Crippen molar-refractivity contribution in [2.24, 2.45) is 0 Å². The van der Waals surface area contributed by atoms with E-state index in [1.807, 2.05) is 0 Å². The zero-order valence-electron chi connectivity index (χ0n) is 9.86. The molecule has 0 spiro atoms. The lowest BCUT2D eigenvalue weighted by Gasteiger charge is -2.11. The fourth-order valence-electron chi connectivity index (χ4n) is 1.37. The average Bonchev–Trinajstić information content (AvgIpc) is 2.28. The molecule has 0 aliphatic heterocycles. The second-order valence-corrected chi connectivity index (χ2v) is 4.20. The molecule has 0 aliphatic carbocycles. The van der Waals surface area contributed by atoms with Crippen molar-refractivity contribution in [1.29, 1.82) is 0 Å². The van der Waals surface area contributed by atoms with Gasteiger partial charge in [0.05, 0.1) is 5.69 Å². The smallest absolute Gasteiger partial charge is 0.170 e. The number of thiocarbonyl (C=S) groups is 1. The molecule has 0 aromatic heterocycles. The van der Waals surface area contributed by atoms with E-state index in [0.29, 0.717) is 10.8 Å². The fraction of sp³-hybridized carbons (Fsp3) is 0.417. The van der Waals surface area contributed by atoms with Crippen LogP contribution in [0.4, 0.5) is 5.69 Å². The lowest BCUT2D eigenvalue weighted by Crippen LogP contribution is -2.29. The highest BCUT2D eigenvalue weighted by molar-refractivity contribution is 7.80. The number of anilines is 1. The van der Waals surface area contributed by atoms with E-state index in [-0.39, 0.29) is 11.5 Å². The maximum absolute atomic E-state index is 9.54. The van der Waals surface area contributed by atoms with Crippen LogP contribution in [0.3, 0.4) is 0 Å². The van der Waals surface area contributed by atoms with Crippen LogP contribution in [0.15, 0.2) is 18.2 Å². The average molecular weight is 254 g/mol. The summed E-state index contributed by atoms with van der Waals surface area (Å²) in [5.74, 6) is -0.00224. The molecule has 1 aromatic rings. The van der Waals surface area contributed by atoms with Crippen LogP contribution in [0.2, 0.25) is 0 Å². The normalized spacial score (nSPS) is 9.94. The predicted molar refractivity (Wildman–Crippen MR) is 73.5 cm³/mol. The summed E-state index contributed by atoms with van der Waals surface area (Å²) in [5.41, 5.74) is 0.482. The minimum absolute atomic E-state index is 0.0230. The van der Waals surface area contributed by atoms with Gasteiger partial charge in [-0.2, -0.15) is 0 Å². The molecule has 0 heterocycles. The van der Waals surface area contributed by atoms with Gasteiger partial charge >= 0.3 is 0 Å². The maximum atomic E-state index is 9.54. The van der Waals surface area contributed by atoms with Gasteiger partial charge in [0.1, 0.15) is 11.5 Å². The van der Waals surface area contributed by atoms with Crippen LogP contribution in [-0.4, -0.2) is 21.9 Å². The number of hydrogen-bond acceptors (Lipinski definition) is 3. The third-order valence-corrected chi connectivity index (χ3v) is 2.54. The predicted octanol–water partition coefficient (Wildman–Crippen LogP) is 2.57. The Balaban J connectivity index is 2.40. The molecule has 0 bridgehead atoms. The lowest BCUT2D eigenvalue weighted by atomic mass is 10.2. The SMILES string of the molecule is CCCCCNC(=S)Nc1ccc(O)cc1O. The number of nitrogens with one attached hydrogen (secondary N) is 2. The maximum Gasteiger partial charge on any atom is 0.170 e. The van der Waals surface area contributed by atoms with Crippen molar-refractivity contribution in [3.63, 3.8) is 0 Å². The molecular weight excluding hydrogens is 236 g/mol. The second-order valence-electron chi connectivity index (χ2n) is 3.79. The van der Waals surface area contributed by atoms with E-state index in [2.05, 4.69) is 17.6 Å². The van der Waals surface area contributed by atoms with Gasteiger partial charge in [-0.3, -0.25) is 0 Å². The van der Waals surface area contributed by atoms with E-state index in [1.54, 1.807) is 6.07 Å². The van der Waals surface area contributed by atoms with Crippen molar-refractivity contribution in [3.05, 3.63) is 18.2 Å². The first-order valence-corrected chi connectivity index (χ1v) is 6.11. The van der Waals surface area contributed by atoms with E-state index in [4.69, 9.17) is 17.3 Å². The lowest BCUT2D eigenvalue weighted by molar-refractivity contribution is 0.452. The second kappa shape index (κ2) is 6.96. The third-order valence-electron chi connectivity index (χ3n) is 2.30. The summed E-state index contributed by atoms with van der Waals surface area (Å²) in [6, 6.07) is 4.33. The van der Waals surface area contributed by atoms with Crippen LogP contribution >= 0.6 is 12.2 Å². The summed E-state index contributed by atoms with van der Waals surface area (Å²) in [6.45, 7) is 2.96. The van der Waals surface area contributed by atoms with E-state index < -0.39 is 0 Å². The Morgan fingerprint density at radius 3 is 2.71 bits per heavy atom. The highest BCUT2D eigenvalue weighted by Gasteiger charge is 2.03. The Labute approximate surface area is 107 Å². The van der Waals surface area contributed by atoms with E-state index in [1.165, 1.54) is 25.0 Å². The number of aromatic hydroxyl groups is 2. The highest BCUT2D eigenvalue weighted by atomic mass is 32.1. The van der Waals surface area contributed by atoms with E-state index in [0.717, 1.165) is 13.0 Å². The standard InChI is InChI=1S/C12H18N2O2S/c1-2-3-4-7-13-12(17)14-10-6-5-9(15)8-11(10)16/h5-6,8,15-16H,2-4,7H2,1H3,(H2,13,14,17). The summed E-state index contributed by atoms with van der Waals surface area (Å²) in [6.07, 6.45) is 3.40. The Morgan fingerprint density at radius 2 is 2.06 bits per heavy atom. The first-order valence-electron chi connectivity index (χ1n) is 5.70. The Hall–Kier alpha value is -1.49. The van der Waals surface area contributed by atoms with Gasteiger partial charge in [-0.15, -0.1) is 0 Å². The zero-order chi connectivity index (χ0) is 12.7. The van der Waals surface area contributed by atoms with Gasteiger partial charge in [-0.1, -0.05) is 19.8 Å². The van der Waals surface area contributed by atoms with Crippen LogP contribution in [0.5, 0.6) is 11.5 Å². The monoisotopic (exact) mass is 254 g/mol. The molecule has 1 aromatic carbocycles. The molecule has 1 rings (SSSR count). The molecule has 0 aliphatic rings. The van der Waals surface area contributed by atoms with Crippen LogP contribution in [0, 0.1) is 0 Å². The molecule has 94 valence electrons. The molecular formula is C12H18N2O2S. The Bertz CT molecular complexity index is 383. The quantitative estimate of drug-likeness (QED) is 0.281. The van der Waals surface area contributed by atoms with Gasteiger partial charge in [0.2, 0.25) is 0 Å². The van der Waals surface area contributed by atoms with Crippen molar-refractivity contribution in [1.82, 2.24) is 5.32 Å². The first kappa shape index (κ1) is 13.6. The fourth-order valence-corrected chi connectivity index (χ4v) is 1.58. The van der Waals surface area contributed by atoms with Crippen molar-refractivity contribution in [2.45, 2.75) is 26.2 Å². The Kier molecular flexibility index (Phi) is 5.56. The molecule has 0 saturated carbocycles. The topological polar surface area (TPSA) is 64.5 Å². The molecule has 4 N–H and O–H groups in total. The minimum Gasteiger partial charge on any atom is -0.508 e. The Morgan fingerprint density at radius 1 is 1.29 bits per heavy atom. The van der Waals surface area contributed by atoms with E-state index in [9.17, 15) is 5.11 Å². The van der Waals surface area contributed by atoms with Gasteiger partial charge in [-0.25, -0.2) is 0 Å². The van der Waals surface area contributed by atoms with Gasteiger partial charge in [0.25, 0.3) is 0 Å². The van der Waals surface area contributed by atoms with E-state index >= 15 is 0 Å². The molecule has 0 radical (unpaired) electrons. The first-order chi connectivity index (χ1) is 8.13. The van der Waals surface area contributed by atoms with Crippen molar-refractivity contribution < 1.29 is 10.2 Å². The van der Waals surface area contributed by atoms with Crippen molar-refractivity contribution in [3.8, 4) is 11.5 Å². The number of benzene rings is 1. The summed E-state index contributed by atoms with van der Waals surface area (Å²) >= 11 is 5.08. The summed E-state index contributed by atoms with van der Waals surface area (Å²) in [7, 11) is 0. The van der Waals surface area contributed by atoms with Crippen LogP contribution < -0.4 is 10.6 Å². The molecule has 5 heteroatoms. The summed E-state index contributed by atoms with van der Waals surface area (Å²) < 4.78 is 0. The molecule has 0 fully saturated rings. The summed E-state index contributed by atoms with van der Waals surface area (Å²) in [5, 5.41) is 25.1. The molecule has 17 heavy (non-hydrogen) atoms. The van der Waals surface area contributed by atoms with Gasteiger partial charge in [-0.05, 0) is 30.8 Å². The molecule has 0 unspecified atom stereocenters. The number of rotatable bonds is 5. The molecule has 0 atom stereocenters. The minimum atomic E-state index is -0.0253. The van der Waals surface area contributed by atoms with Gasteiger partial charge in [0.15, 0.2) is 5.11 Å². The number of phenolic OH excluding ortho intramolecular Hbond substituents is 2.